The molecule has 2 aromatic rings. The lowest BCUT2D eigenvalue weighted by atomic mass is 9.85. The molecule has 0 N–H and O–H groups in total. The molecule has 2 aromatic carbocycles. The highest BCUT2D eigenvalue weighted by Gasteiger charge is 2.46. The van der Waals surface area contributed by atoms with E-state index in [1.807, 2.05) is 37.3 Å². The second-order valence-corrected chi connectivity index (χ2v) is 11.9. The molecule has 6 nitrogen and oxygen atoms in total. The molecule has 4 rings (SSSR count). The Morgan fingerprint density at radius 2 is 1.80 bits per heavy atom. The molecule has 0 saturated carbocycles. The summed E-state index contributed by atoms with van der Waals surface area (Å²) in [6.45, 7) is 8.32. The average molecular weight is 556 g/mol. The van der Waals surface area contributed by atoms with Gasteiger partial charge >= 0.3 is 6.09 Å². The van der Waals surface area contributed by atoms with E-state index in [-0.39, 0.29) is 62.2 Å². The molecule has 1 fully saturated rings. The van der Waals surface area contributed by atoms with Crippen molar-refractivity contribution in [3.8, 4) is 5.75 Å². The van der Waals surface area contributed by atoms with Gasteiger partial charge in [0.25, 0.3) is 5.92 Å². The van der Waals surface area contributed by atoms with Crippen LogP contribution in [0, 0.1) is 5.92 Å². The molecule has 3 atom stereocenters. The van der Waals surface area contributed by atoms with Gasteiger partial charge in [-0.1, -0.05) is 37.3 Å². The Balaban J connectivity index is 1.45. The van der Waals surface area contributed by atoms with E-state index in [1.54, 1.807) is 39.8 Å². The van der Waals surface area contributed by atoms with Gasteiger partial charge in [0.05, 0.1) is 12.1 Å². The number of likely N-dealkylation sites (tertiary alicyclic amines) is 1. The number of carbonyl (C=O) groups is 3. The largest absolute Gasteiger partial charge is 0.489 e. The van der Waals surface area contributed by atoms with E-state index in [4.69, 9.17) is 9.47 Å². The number of benzene rings is 2. The summed E-state index contributed by atoms with van der Waals surface area (Å²) < 4.78 is 41.3. The van der Waals surface area contributed by atoms with Crippen molar-refractivity contribution >= 4 is 17.7 Å². The molecule has 8 heteroatoms. The van der Waals surface area contributed by atoms with Crippen molar-refractivity contribution in [3.63, 3.8) is 0 Å². The van der Waals surface area contributed by atoms with Gasteiger partial charge in [0.1, 0.15) is 17.5 Å². The maximum atomic E-state index is 14.9. The quantitative estimate of drug-likeness (QED) is 0.317. The minimum absolute atomic E-state index is 0.0906. The number of carbonyl (C=O) groups excluding carboxylic acids is 3. The first-order valence-electron chi connectivity index (χ1n) is 14.1. The first kappa shape index (κ1) is 29.7. The zero-order valence-electron chi connectivity index (χ0n) is 24.0. The topological polar surface area (TPSA) is 72.9 Å². The van der Waals surface area contributed by atoms with Crippen LogP contribution in [0.4, 0.5) is 13.6 Å². The van der Waals surface area contributed by atoms with Gasteiger partial charge in [0.15, 0.2) is 11.6 Å². The maximum absolute atomic E-state index is 14.9. The van der Waals surface area contributed by atoms with Crippen LogP contribution in [-0.2, 0) is 4.74 Å². The smallest absolute Gasteiger partial charge is 0.410 e. The number of hydrogen-bond acceptors (Lipinski definition) is 5. The highest BCUT2D eigenvalue weighted by Crippen LogP contribution is 2.45. The van der Waals surface area contributed by atoms with Crippen LogP contribution in [0.15, 0.2) is 42.5 Å². The Morgan fingerprint density at radius 1 is 1.10 bits per heavy atom. The van der Waals surface area contributed by atoms with E-state index in [1.165, 1.54) is 0 Å². The van der Waals surface area contributed by atoms with E-state index in [9.17, 15) is 23.2 Å². The normalized spacial score (nSPS) is 21.9. The van der Waals surface area contributed by atoms with Gasteiger partial charge < -0.3 is 14.4 Å². The van der Waals surface area contributed by atoms with Gasteiger partial charge in [-0.2, -0.15) is 0 Å². The molecule has 1 amide bonds. The lowest BCUT2D eigenvalue weighted by Gasteiger charge is -2.38. The van der Waals surface area contributed by atoms with Crippen molar-refractivity contribution in [1.82, 2.24) is 4.90 Å². The van der Waals surface area contributed by atoms with Crippen molar-refractivity contribution in [2.45, 2.75) is 90.3 Å². The number of ketones is 2. The van der Waals surface area contributed by atoms with E-state index in [0.717, 1.165) is 16.0 Å². The summed E-state index contributed by atoms with van der Waals surface area (Å²) in [4.78, 5) is 39.5. The summed E-state index contributed by atoms with van der Waals surface area (Å²) in [5.74, 6) is -3.88. The number of hydrogen-bond donors (Lipinski definition) is 0. The first-order chi connectivity index (χ1) is 18.8. The summed E-state index contributed by atoms with van der Waals surface area (Å²) in [7, 11) is 0. The van der Waals surface area contributed by atoms with Crippen LogP contribution in [0.3, 0.4) is 0 Å². The van der Waals surface area contributed by atoms with E-state index < -0.39 is 30.1 Å². The number of fused-ring (bicyclic) bond motifs is 1. The zero-order valence-corrected chi connectivity index (χ0v) is 24.0. The van der Waals surface area contributed by atoms with Crippen LogP contribution in [-0.4, -0.2) is 53.3 Å². The molecular formula is C32H39F2NO5. The van der Waals surface area contributed by atoms with Gasteiger partial charge in [-0.3, -0.25) is 9.59 Å². The monoisotopic (exact) mass is 555 g/mol. The van der Waals surface area contributed by atoms with Crippen molar-refractivity contribution in [2.75, 3.05) is 13.1 Å². The van der Waals surface area contributed by atoms with Gasteiger partial charge in [-0.25, -0.2) is 13.6 Å². The van der Waals surface area contributed by atoms with E-state index in [2.05, 4.69) is 0 Å². The highest BCUT2D eigenvalue weighted by molar-refractivity contribution is 6.04. The predicted octanol–water partition coefficient (Wildman–Crippen LogP) is 7.44. The van der Waals surface area contributed by atoms with E-state index >= 15 is 0 Å². The predicted molar refractivity (Wildman–Crippen MR) is 148 cm³/mol. The summed E-state index contributed by atoms with van der Waals surface area (Å²) in [5, 5.41) is 0. The Bertz CT molecular complexity index is 1250. The van der Waals surface area contributed by atoms with E-state index in [0.29, 0.717) is 16.9 Å². The Kier molecular flexibility index (Phi) is 8.66. The number of nitrogens with zero attached hydrogens (tertiary/aromatic N) is 1. The zero-order chi connectivity index (χ0) is 29.2. The fraction of sp³-hybridized carbons (Fsp3) is 0.531. The van der Waals surface area contributed by atoms with Gasteiger partial charge in [0, 0.05) is 42.3 Å². The third kappa shape index (κ3) is 6.53. The summed E-state index contributed by atoms with van der Waals surface area (Å²) >= 11 is 0. The molecular weight excluding hydrogens is 516 g/mol. The van der Waals surface area contributed by atoms with Crippen molar-refractivity contribution < 1.29 is 32.6 Å². The molecule has 1 unspecified atom stereocenters. The van der Waals surface area contributed by atoms with Crippen LogP contribution < -0.4 is 4.74 Å². The van der Waals surface area contributed by atoms with Gasteiger partial charge in [-0.05, 0) is 64.7 Å². The molecule has 2 aliphatic rings. The number of amides is 1. The molecule has 0 aromatic heterocycles. The minimum Gasteiger partial charge on any atom is -0.489 e. The highest BCUT2D eigenvalue weighted by atomic mass is 19.3. The van der Waals surface area contributed by atoms with Crippen molar-refractivity contribution in [1.29, 1.82) is 0 Å². The number of halogens is 2. The summed E-state index contributed by atoms with van der Waals surface area (Å²) in [5.41, 5.74) is 1.89. The average Bonchev–Trinajstić information content (AvgIpc) is 3.23. The number of piperidine rings is 1. The third-order valence-electron chi connectivity index (χ3n) is 7.68. The molecule has 1 saturated heterocycles. The lowest BCUT2D eigenvalue weighted by Crippen LogP contribution is -2.51. The second-order valence-electron chi connectivity index (χ2n) is 11.9. The van der Waals surface area contributed by atoms with Crippen LogP contribution >= 0.6 is 0 Å². The summed E-state index contributed by atoms with van der Waals surface area (Å²) in [6, 6.07) is 13.2. The molecule has 0 bridgehead atoms. The lowest BCUT2D eigenvalue weighted by molar-refractivity contribution is -0.112. The molecule has 0 aliphatic carbocycles. The fourth-order valence-corrected chi connectivity index (χ4v) is 5.67. The third-order valence-corrected chi connectivity index (χ3v) is 7.68. The minimum atomic E-state index is -3.07. The van der Waals surface area contributed by atoms with Crippen LogP contribution in [0.5, 0.6) is 5.75 Å². The molecule has 0 spiro atoms. The number of Topliss-reactive ketones (excluding diaryl/α,β-unsaturated/α-hetero) is 2. The van der Waals surface area contributed by atoms with Crippen molar-refractivity contribution in [2.24, 2.45) is 5.92 Å². The van der Waals surface area contributed by atoms with Gasteiger partial charge in [0.2, 0.25) is 0 Å². The Morgan fingerprint density at radius 3 is 2.42 bits per heavy atom. The van der Waals surface area contributed by atoms with Crippen LogP contribution in [0.2, 0.25) is 0 Å². The number of ether oxygens (including phenoxy) is 2. The Hall–Kier alpha value is -3.29. The molecule has 2 aliphatic heterocycles. The molecule has 216 valence electrons. The number of alkyl halides is 2. The second kappa shape index (κ2) is 11.7. The van der Waals surface area contributed by atoms with Gasteiger partial charge in [-0.15, -0.1) is 0 Å². The van der Waals surface area contributed by atoms with Crippen LogP contribution in [0.1, 0.15) is 104 Å². The molecule has 40 heavy (non-hydrogen) atoms. The number of rotatable bonds is 8. The molecule has 2 heterocycles. The van der Waals surface area contributed by atoms with Crippen LogP contribution in [0.25, 0.3) is 0 Å². The first-order valence-corrected chi connectivity index (χ1v) is 14.1. The maximum Gasteiger partial charge on any atom is 0.410 e. The molecule has 0 radical (unpaired) electrons. The SMILES string of the molecule is CCC(=O)c1cc(C(=O)CCCC2CCN(C(=O)OC(C)(C)C)CC2(F)F)cc2c1O[C@H](C)[C@H]2c1ccccc1. The Labute approximate surface area is 235 Å². The standard InChI is InChI=1S/C32H39F2NO5/c1-6-26(36)24-17-22(18-25-28(20(2)39-29(24)25)21-11-8-7-9-12-21)27(37)14-10-13-23-15-16-35(19-32(23,33)34)30(38)40-31(3,4)5/h7-9,11-12,17-18,20,23,28H,6,10,13-16,19H2,1-5H3/t20-,23?,28+/m1/s1. The van der Waals surface area contributed by atoms with Crippen molar-refractivity contribution in [3.05, 3.63) is 64.7 Å². The summed E-state index contributed by atoms with van der Waals surface area (Å²) in [6.07, 6.45) is 0.0143. The fourth-order valence-electron chi connectivity index (χ4n) is 5.67.